The van der Waals surface area contributed by atoms with E-state index in [9.17, 15) is 22.4 Å². The molecule has 3 rings (SSSR count). The van der Waals surface area contributed by atoms with Crippen molar-refractivity contribution < 1.29 is 22.4 Å². The molecule has 1 aliphatic heterocycles. The molecule has 0 aliphatic carbocycles. The minimum atomic E-state index is -4.50. The molecule has 0 atom stereocenters. The van der Waals surface area contributed by atoms with Crippen molar-refractivity contribution in [1.29, 1.82) is 0 Å². The van der Waals surface area contributed by atoms with Crippen molar-refractivity contribution in [1.82, 2.24) is 4.98 Å². The van der Waals surface area contributed by atoms with E-state index < -0.39 is 11.7 Å². The maximum Gasteiger partial charge on any atom is 0.417 e. The van der Waals surface area contributed by atoms with Gasteiger partial charge in [-0.3, -0.25) is 4.79 Å². The molecule has 2 aromatic rings. The molecule has 1 N–H and O–H groups in total. The van der Waals surface area contributed by atoms with Crippen LogP contribution in [-0.2, 0) is 11.0 Å². The quantitative estimate of drug-likeness (QED) is 0.713. The predicted molar refractivity (Wildman–Crippen MR) is 99.0 cm³/mol. The first-order valence-electron chi connectivity index (χ1n) is 8.70. The summed E-state index contributed by atoms with van der Waals surface area (Å²) in [6.45, 7) is 2.59. The highest BCUT2D eigenvalue weighted by atomic mass is 35.5. The van der Waals surface area contributed by atoms with Gasteiger partial charge in [-0.1, -0.05) is 11.6 Å². The molecule has 0 unspecified atom stereocenters. The van der Waals surface area contributed by atoms with Crippen molar-refractivity contribution in [3.8, 4) is 0 Å². The lowest BCUT2D eigenvalue weighted by Crippen LogP contribution is -2.38. The zero-order chi connectivity index (χ0) is 20.5. The fourth-order valence-electron chi connectivity index (χ4n) is 3.17. The van der Waals surface area contributed by atoms with Crippen molar-refractivity contribution in [2.24, 2.45) is 5.92 Å². The van der Waals surface area contributed by atoms with Crippen molar-refractivity contribution in [3.05, 3.63) is 52.4 Å². The predicted octanol–water partition coefficient (Wildman–Crippen LogP) is 5.06. The van der Waals surface area contributed by atoms with E-state index in [1.165, 1.54) is 18.2 Å². The Morgan fingerprint density at radius 1 is 1.25 bits per heavy atom. The molecule has 1 aliphatic rings. The Morgan fingerprint density at radius 2 is 1.93 bits per heavy atom. The first-order valence-corrected chi connectivity index (χ1v) is 9.07. The van der Waals surface area contributed by atoms with E-state index in [1.807, 2.05) is 0 Å². The summed E-state index contributed by atoms with van der Waals surface area (Å²) in [5.74, 6) is -0.512. The molecule has 1 aromatic heterocycles. The van der Waals surface area contributed by atoms with Crippen LogP contribution in [0.25, 0.3) is 0 Å². The molecule has 0 bridgehead atoms. The Labute approximate surface area is 164 Å². The van der Waals surface area contributed by atoms with Gasteiger partial charge in [-0.25, -0.2) is 9.37 Å². The third-order valence-electron chi connectivity index (χ3n) is 4.76. The van der Waals surface area contributed by atoms with E-state index in [0.29, 0.717) is 37.2 Å². The number of benzene rings is 1. The number of aromatic nitrogens is 1. The maximum absolute atomic E-state index is 13.2. The lowest BCUT2D eigenvalue weighted by molar-refractivity contribution is -0.137. The average molecular weight is 416 g/mol. The number of carbonyl (C=O) groups excluding carboxylic acids is 1. The number of hydrogen-bond donors (Lipinski definition) is 1. The van der Waals surface area contributed by atoms with Gasteiger partial charge in [0.15, 0.2) is 0 Å². The minimum Gasteiger partial charge on any atom is -0.355 e. The number of carbonyl (C=O) groups is 1. The molecule has 2 heterocycles. The number of halogens is 5. The molecule has 28 heavy (non-hydrogen) atoms. The molecule has 0 radical (unpaired) electrons. The largest absolute Gasteiger partial charge is 0.417 e. The highest BCUT2D eigenvalue weighted by Crippen LogP contribution is 2.34. The van der Waals surface area contributed by atoms with Crippen LogP contribution in [0.3, 0.4) is 0 Å². The lowest BCUT2D eigenvalue weighted by atomic mass is 9.95. The molecule has 1 saturated heterocycles. The van der Waals surface area contributed by atoms with Crippen LogP contribution < -0.4 is 10.2 Å². The number of pyridine rings is 1. The Hall–Kier alpha value is -2.35. The van der Waals surface area contributed by atoms with Crippen molar-refractivity contribution in [2.75, 3.05) is 23.3 Å². The Morgan fingerprint density at radius 3 is 2.50 bits per heavy atom. The highest BCUT2D eigenvalue weighted by Gasteiger charge is 2.33. The smallest absolute Gasteiger partial charge is 0.355 e. The first-order chi connectivity index (χ1) is 13.1. The van der Waals surface area contributed by atoms with Crippen molar-refractivity contribution in [3.63, 3.8) is 0 Å². The summed E-state index contributed by atoms with van der Waals surface area (Å²) in [5, 5.41) is 2.74. The number of piperidine rings is 1. The molecule has 1 aromatic carbocycles. The van der Waals surface area contributed by atoms with Gasteiger partial charge in [-0.05, 0) is 49.6 Å². The molecule has 0 spiro atoms. The molecule has 9 heteroatoms. The normalized spacial score (nSPS) is 15.6. The third kappa shape index (κ3) is 4.55. The SMILES string of the molecule is Cc1cc(F)ccc1NC(=O)C1CCN(c2ncc(C(F)(F)F)cc2Cl)CC1. The van der Waals surface area contributed by atoms with Gasteiger partial charge in [0.1, 0.15) is 11.6 Å². The van der Waals surface area contributed by atoms with E-state index in [1.54, 1.807) is 11.8 Å². The summed E-state index contributed by atoms with van der Waals surface area (Å²) in [5.41, 5.74) is 0.290. The van der Waals surface area contributed by atoms with Gasteiger partial charge < -0.3 is 10.2 Å². The van der Waals surface area contributed by atoms with Gasteiger partial charge in [0.25, 0.3) is 0 Å². The number of aryl methyl sites for hydroxylation is 1. The van der Waals surface area contributed by atoms with Crippen LogP contribution in [0.1, 0.15) is 24.0 Å². The average Bonchev–Trinajstić information content (AvgIpc) is 2.63. The van der Waals surface area contributed by atoms with E-state index in [2.05, 4.69) is 10.3 Å². The molecule has 0 saturated carbocycles. The fraction of sp³-hybridized carbons (Fsp3) is 0.368. The molecule has 1 amide bonds. The highest BCUT2D eigenvalue weighted by molar-refractivity contribution is 6.33. The van der Waals surface area contributed by atoms with Gasteiger partial charge in [0.05, 0.1) is 10.6 Å². The Balaban J connectivity index is 1.62. The van der Waals surface area contributed by atoms with Gasteiger partial charge in [0, 0.05) is 30.9 Å². The van der Waals surface area contributed by atoms with E-state index in [-0.39, 0.29) is 28.5 Å². The van der Waals surface area contributed by atoms with Crippen LogP contribution >= 0.6 is 11.6 Å². The van der Waals surface area contributed by atoms with Crippen LogP contribution in [-0.4, -0.2) is 24.0 Å². The zero-order valence-corrected chi connectivity index (χ0v) is 15.7. The molecule has 150 valence electrons. The van der Waals surface area contributed by atoms with Crippen LogP contribution in [0.5, 0.6) is 0 Å². The monoisotopic (exact) mass is 415 g/mol. The zero-order valence-electron chi connectivity index (χ0n) is 15.0. The Bertz CT molecular complexity index is 880. The van der Waals surface area contributed by atoms with Gasteiger partial charge in [-0.15, -0.1) is 0 Å². The summed E-state index contributed by atoms with van der Waals surface area (Å²) in [4.78, 5) is 18.1. The summed E-state index contributed by atoms with van der Waals surface area (Å²) < 4.78 is 51.4. The maximum atomic E-state index is 13.2. The molecular weight excluding hydrogens is 398 g/mol. The number of amides is 1. The topological polar surface area (TPSA) is 45.2 Å². The van der Waals surface area contributed by atoms with Crippen LogP contribution in [0.15, 0.2) is 30.5 Å². The van der Waals surface area contributed by atoms with Crippen LogP contribution in [0.2, 0.25) is 5.02 Å². The van der Waals surface area contributed by atoms with E-state index in [0.717, 1.165) is 12.3 Å². The Kier molecular flexibility index (Phi) is 5.79. The van der Waals surface area contributed by atoms with E-state index >= 15 is 0 Å². The van der Waals surface area contributed by atoms with Crippen molar-refractivity contribution in [2.45, 2.75) is 25.9 Å². The second-order valence-electron chi connectivity index (χ2n) is 6.74. The molecule has 4 nitrogen and oxygen atoms in total. The molecular formula is C19H18ClF4N3O. The number of nitrogens with one attached hydrogen (secondary N) is 1. The first kappa shape index (κ1) is 20.4. The number of nitrogens with zero attached hydrogens (tertiary/aromatic N) is 2. The van der Waals surface area contributed by atoms with Crippen LogP contribution in [0, 0.1) is 18.7 Å². The second kappa shape index (κ2) is 7.95. The van der Waals surface area contributed by atoms with Gasteiger partial charge >= 0.3 is 6.18 Å². The van der Waals surface area contributed by atoms with E-state index in [4.69, 9.17) is 11.6 Å². The number of rotatable bonds is 3. The summed E-state index contributed by atoms with van der Waals surface area (Å²) in [6, 6.07) is 5.00. The molecule has 1 fully saturated rings. The van der Waals surface area contributed by atoms with Crippen LogP contribution in [0.4, 0.5) is 29.1 Å². The number of alkyl halides is 3. The second-order valence-corrected chi connectivity index (χ2v) is 7.14. The summed E-state index contributed by atoms with van der Waals surface area (Å²) in [6.07, 6.45) is -2.73. The lowest BCUT2D eigenvalue weighted by Gasteiger charge is -2.32. The van der Waals surface area contributed by atoms with Gasteiger partial charge in [-0.2, -0.15) is 13.2 Å². The van der Waals surface area contributed by atoms with Gasteiger partial charge in [0.2, 0.25) is 5.91 Å². The summed E-state index contributed by atoms with van der Waals surface area (Å²) in [7, 11) is 0. The summed E-state index contributed by atoms with van der Waals surface area (Å²) >= 11 is 5.99. The fourth-order valence-corrected chi connectivity index (χ4v) is 3.46. The number of anilines is 2. The van der Waals surface area contributed by atoms with Crippen molar-refractivity contribution >= 4 is 29.0 Å². The minimum absolute atomic E-state index is 0.0698. The standard InChI is InChI=1S/C19H18ClF4N3O/c1-11-8-14(21)2-3-16(11)26-18(28)12-4-6-27(7-5-12)17-15(20)9-13(10-25-17)19(22,23)24/h2-3,8-10,12H,4-7H2,1H3,(H,26,28). The number of hydrogen-bond acceptors (Lipinski definition) is 3. The third-order valence-corrected chi connectivity index (χ3v) is 5.04.